The van der Waals surface area contributed by atoms with Crippen molar-refractivity contribution in [3.8, 4) is 34.4 Å². The highest BCUT2D eigenvalue weighted by molar-refractivity contribution is 8.20. The number of nitriles is 2. The maximum Gasteiger partial charge on any atom is 0.201 e. The third-order valence-corrected chi connectivity index (χ3v) is 13.5. The summed E-state index contributed by atoms with van der Waals surface area (Å²) in [6.07, 6.45) is -0.163. The number of nitrogens with zero attached hydrogens (tertiary/aromatic N) is 2. The monoisotopic (exact) mass is 664 g/mol. The zero-order chi connectivity index (χ0) is 30.2. The Labute approximate surface area is 261 Å². The van der Waals surface area contributed by atoms with Crippen molar-refractivity contribution >= 4 is 67.1 Å². The predicted octanol–water partition coefficient (Wildman–Crippen LogP) is 8.33. The van der Waals surface area contributed by atoms with Crippen molar-refractivity contribution in [1.29, 1.82) is 10.5 Å². The van der Waals surface area contributed by atoms with Crippen molar-refractivity contribution in [1.82, 2.24) is 0 Å². The number of thioether (sulfide) groups is 2. The molecule has 0 saturated carbocycles. The van der Waals surface area contributed by atoms with Crippen LogP contribution in [0.2, 0.25) is 0 Å². The molecule has 4 rings (SSSR count). The lowest BCUT2D eigenvalue weighted by Gasteiger charge is -2.05. The van der Waals surface area contributed by atoms with Gasteiger partial charge in [0.05, 0.1) is 29.7 Å². The summed E-state index contributed by atoms with van der Waals surface area (Å²) in [5.74, 6) is 1.27. The maximum absolute atomic E-state index is 12.4. The Morgan fingerprint density at radius 1 is 0.571 bits per heavy atom. The zero-order valence-electron chi connectivity index (χ0n) is 22.3. The molecule has 0 saturated heterocycles. The third kappa shape index (κ3) is 11.7. The number of rotatable bonds is 10. The van der Waals surface area contributed by atoms with Crippen LogP contribution in [0.3, 0.4) is 0 Å². The summed E-state index contributed by atoms with van der Waals surface area (Å²) in [5, 5.41) is 17.4. The maximum atomic E-state index is 12.4. The van der Waals surface area contributed by atoms with E-state index in [4.69, 9.17) is 21.5 Å². The first-order valence-electron chi connectivity index (χ1n) is 12.4. The highest BCUT2D eigenvalue weighted by atomic mass is 32.2. The number of carbonyl (C=O) groups excluding carboxylic acids is 2. The predicted molar refractivity (Wildman–Crippen MR) is 186 cm³/mol. The molecule has 0 aliphatic carbocycles. The van der Waals surface area contributed by atoms with Crippen LogP contribution in [0.4, 0.5) is 0 Å². The van der Waals surface area contributed by atoms with E-state index in [0.717, 1.165) is 72.1 Å². The molecule has 4 N–H and O–H groups in total. The van der Waals surface area contributed by atoms with E-state index in [0.29, 0.717) is 28.0 Å². The van der Waals surface area contributed by atoms with Crippen LogP contribution in [0.15, 0.2) is 107 Å². The number of nitrogens with two attached hydrogens (primary N) is 2. The van der Waals surface area contributed by atoms with Gasteiger partial charge in [-0.05, 0) is 93.5 Å². The van der Waals surface area contributed by atoms with Gasteiger partial charge in [0.15, 0.2) is 0 Å². The Morgan fingerprint density at radius 2 is 0.881 bits per heavy atom. The van der Waals surface area contributed by atoms with Gasteiger partial charge >= 0.3 is 0 Å². The van der Waals surface area contributed by atoms with Gasteiger partial charge in [0.25, 0.3) is 0 Å². The van der Waals surface area contributed by atoms with Gasteiger partial charge < -0.3 is 11.0 Å². The molecule has 42 heavy (non-hydrogen) atoms. The van der Waals surface area contributed by atoms with E-state index < -0.39 is 0 Å². The van der Waals surface area contributed by atoms with Crippen LogP contribution in [0.1, 0.15) is 17.5 Å². The second kappa shape index (κ2) is 18.9. The molecule has 6 nitrogen and oxygen atoms in total. The number of hydrogen-bond acceptors (Lipinski definition) is 8. The Morgan fingerprint density at radius 3 is 1.17 bits per heavy atom. The highest BCUT2D eigenvalue weighted by Crippen LogP contribution is 2.42. The molecule has 12 heteroatoms. The van der Waals surface area contributed by atoms with E-state index in [1.54, 1.807) is 24.3 Å². The molecule has 0 heterocycles. The average molecular weight is 665 g/mol. The Kier molecular flexibility index (Phi) is 15.4. The summed E-state index contributed by atoms with van der Waals surface area (Å²) >= 11 is 2.11. The molecule has 212 valence electrons. The normalized spacial score (nSPS) is 11.2. The molecule has 0 bridgehead atoms. The van der Waals surface area contributed by atoms with Gasteiger partial charge in [-0.15, -0.1) is 0 Å². The molecule has 4 atom stereocenters. The first-order valence-corrected chi connectivity index (χ1v) is 20.7. The molecule has 0 fully saturated rings. The third-order valence-electron chi connectivity index (χ3n) is 5.54. The van der Waals surface area contributed by atoms with Gasteiger partial charge in [-0.3, -0.25) is 9.59 Å². The second-order valence-corrected chi connectivity index (χ2v) is 17.2. The molecule has 0 aromatic heterocycles. The van der Waals surface area contributed by atoms with Crippen LogP contribution < -0.4 is 11.0 Å². The Bertz CT molecular complexity index is 1420. The van der Waals surface area contributed by atoms with Crippen LogP contribution in [-0.2, 0) is 9.59 Å². The van der Waals surface area contributed by atoms with E-state index in [1.807, 2.05) is 72.8 Å². The van der Waals surface area contributed by atoms with E-state index >= 15 is 0 Å². The van der Waals surface area contributed by atoms with Gasteiger partial charge in [-0.25, -0.2) is 0 Å². The minimum Gasteiger partial charge on any atom is -0.309 e. The smallest absolute Gasteiger partial charge is 0.201 e. The van der Waals surface area contributed by atoms with Crippen LogP contribution >= 0.6 is 56.9 Å². The summed E-state index contributed by atoms with van der Waals surface area (Å²) in [4.78, 5) is 26.4. The molecule has 4 aromatic carbocycles. The molecule has 4 unspecified atom stereocenters. The van der Waals surface area contributed by atoms with Crippen LogP contribution in [0.5, 0.6) is 0 Å². The first-order chi connectivity index (χ1) is 20.4. The molecule has 0 aliphatic heterocycles. The fraction of sp³-hybridized carbons (Fsp3) is 0.0667. The van der Waals surface area contributed by atoms with Gasteiger partial charge in [0.1, 0.15) is 0 Å². The summed E-state index contributed by atoms with van der Waals surface area (Å²) in [6.45, 7) is 0. The quantitative estimate of drug-likeness (QED) is 0.0748. The lowest BCUT2D eigenvalue weighted by atomic mass is 10.0. The average Bonchev–Trinajstić information content (AvgIpc) is 3.02. The highest BCUT2D eigenvalue weighted by Gasteiger charge is 2.13. The Hall–Kier alpha value is -2.46. The fourth-order valence-corrected chi connectivity index (χ4v) is 11.3. The summed E-state index contributed by atoms with van der Waals surface area (Å²) < 4.78 is 0. The fourth-order valence-electron chi connectivity index (χ4n) is 3.50. The van der Waals surface area contributed by atoms with E-state index in [2.05, 4.69) is 12.1 Å². The van der Waals surface area contributed by atoms with Crippen molar-refractivity contribution < 1.29 is 9.59 Å². The van der Waals surface area contributed by atoms with Crippen molar-refractivity contribution in [3.63, 3.8) is 0 Å². The zero-order valence-corrected chi connectivity index (χ0v) is 28.0. The molecule has 0 aliphatic rings. The molecular weight excluding hydrogens is 636 g/mol. The lowest BCUT2D eigenvalue weighted by molar-refractivity contribution is -0.117. The van der Waals surface area contributed by atoms with Crippen molar-refractivity contribution in [2.24, 2.45) is 11.0 Å². The minimum atomic E-state index is -0.206. The van der Waals surface area contributed by atoms with E-state index in [9.17, 15) is 9.59 Å². The molecule has 0 amide bonds. The molecule has 0 spiro atoms. The van der Waals surface area contributed by atoms with Crippen LogP contribution in [0, 0.1) is 22.7 Å². The van der Waals surface area contributed by atoms with Crippen molar-refractivity contribution in [2.45, 2.75) is 16.2 Å². The van der Waals surface area contributed by atoms with E-state index in [-0.39, 0.29) is 16.7 Å². The summed E-state index contributed by atoms with van der Waals surface area (Å²) in [5.41, 5.74) is 15.7. The first kappa shape index (κ1) is 34.0. The molecular formula is C30H28N4O2P4S2. The van der Waals surface area contributed by atoms with Crippen molar-refractivity contribution in [3.05, 3.63) is 108 Å². The number of carbonyl (C=O) groups is 2. The van der Waals surface area contributed by atoms with Crippen molar-refractivity contribution in [2.75, 3.05) is 5.90 Å². The Balaban J connectivity index is 0.000000616. The summed E-state index contributed by atoms with van der Waals surface area (Å²) in [7, 11) is 3.24. The van der Waals surface area contributed by atoms with Crippen LogP contribution in [-0.4, -0.2) is 16.1 Å². The number of hydrogen-bond donors (Lipinski definition) is 2. The largest absolute Gasteiger partial charge is 0.309 e. The SMILES string of the molecule is N#Cc1ccc(-c2ccc(SC(=O)CC(=O)Sc3ccc(-c4ccc(C#N)cc4)cc3)cc2)cc1.NPPCPPN. The van der Waals surface area contributed by atoms with Gasteiger partial charge in [0, 0.05) is 9.79 Å². The second-order valence-electron chi connectivity index (χ2n) is 8.37. The molecule has 0 radical (unpaired) electrons. The van der Waals surface area contributed by atoms with Gasteiger partial charge in [-0.1, -0.05) is 88.6 Å². The van der Waals surface area contributed by atoms with E-state index in [1.165, 1.54) is 5.90 Å². The lowest BCUT2D eigenvalue weighted by Crippen LogP contribution is -2.00. The van der Waals surface area contributed by atoms with Crippen LogP contribution in [0.25, 0.3) is 22.3 Å². The van der Waals surface area contributed by atoms with Gasteiger partial charge in [0.2, 0.25) is 10.2 Å². The standard InChI is InChI=1S/C29H18N2O2S2.CH10N2P4/c30-18-20-1-5-22(6-2-20)24-9-13-26(14-10-24)34-28(32)17-29(33)35-27-15-11-25(12-16-27)23-7-3-21(19-31)4-8-23;2-6-4-1-5-7-3/h1-16H,17H2;4-7H,1-3H2. The number of benzene rings is 4. The van der Waals surface area contributed by atoms with Gasteiger partial charge in [-0.2, -0.15) is 10.5 Å². The minimum absolute atomic E-state index is 0.163. The summed E-state index contributed by atoms with van der Waals surface area (Å²) in [6, 6.07) is 33.9. The molecule has 4 aromatic rings. The topological polar surface area (TPSA) is 134 Å².